The zero-order chi connectivity index (χ0) is 15.0. The number of anilines is 1. The lowest BCUT2D eigenvalue weighted by Crippen LogP contribution is -2.36. The van der Waals surface area contributed by atoms with E-state index in [2.05, 4.69) is 34.1 Å². The maximum absolute atomic E-state index is 5.44. The van der Waals surface area contributed by atoms with Crippen LogP contribution >= 0.6 is 0 Å². The molecule has 0 N–H and O–H groups in total. The van der Waals surface area contributed by atoms with Gasteiger partial charge in [0.15, 0.2) is 0 Å². The molecule has 2 saturated heterocycles. The van der Waals surface area contributed by atoms with Gasteiger partial charge in [0.05, 0.1) is 19.8 Å². The predicted molar refractivity (Wildman–Crippen MR) is 87.6 cm³/mol. The van der Waals surface area contributed by atoms with Crippen molar-refractivity contribution in [3.63, 3.8) is 0 Å². The molecule has 2 heterocycles. The Bertz CT molecular complexity index is 512. The number of benzene rings is 1. The van der Waals surface area contributed by atoms with Crippen molar-refractivity contribution in [2.45, 2.75) is 11.8 Å². The molecule has 0 amide bonds. The van der Waals surface area contributed by atoms with Crippen LogP contribution in [0.5, 0.6) is 0 Å². The molecule has 4 rings (SSSR count). The highest BCUT2D eigenvalue weighted by molar-refractivity contribution is 5.50. The molecule has 1 aromatic rings. The lowest BCUT2D eigenvalue weighted by Gasteiger charge is -2.29. The largest absolute Gasteiger partial charge is 0.383 e. The molecule has 4 heteroatoms. The SMILES string of the molecule is COCCN1C[C@H]2C[C@@]2(c2ccc(N3CCOCC3)cc2)C1. The van der Waals surface area contributed by atoms with Crippen LogP contribution in [0, 0.1) is 5.92 Å². The molecule has 3 aliphatic rings. The summed E-state index contributed by atoms with van der Waals surface area (Å²) in [6, 6.07) is 9.35. The van der Waals surface area contributed by atoms with Crippen molar-refractivity contribution >= 4 is 5.69 Å². The quantitative estimate of drug-likeness (QED) is 0.827. The van der Waals surface area contributed by atoms with Crippen molar-refractivity contribution in [3.05, 3.63) is 29.8 Å². The summed E-state index contributed by atoms with van der Waals surface area (Å²) in [6.45, 7) is 8.09. The molecule has 1 aromatic carbocycles. The minimum Gasteiger partial charge on any atom is -0.383 e. The smallest absolute Gasteiger partial charge is 0.0642 e. The van der Waals surface area contributed by atoms with Crippen LogP contribution in [-0.2, 0) is 14.9 Å². The van der Waals surface area contributed by atoms with E-state index in [1.54, 1.807) is 7.11 Å². The second-order valence-electron chi connectivity index (χ2n) is 6.93. The molecule has 2 atom stereocenters. The molecule has 0 aromatic heterocycles. The average molecular weight is 302 g/mol. The molecule has 0 unspecified atom stereocenters. The lowest BCUT2D eigenvalue weighted by molar-refractivity contribution is 0.122. The van der Waals surface area contributed by atoms with Gasteiger partial charge in [-0.15, -0.1) is 0 Å². The average Bonchev–Trinajstić information content (AvgIpc) is 3.16. The van der Waals surface area contributed by atoms with Gasteiger partial charge in [-0.05, 0) is 30.0 Å². The fourth-order valence-corrected chi connectivity index (χ4v) is 4.25. The summed E-state index contributed by atoms with van der Waals surface area (Å²) in [7, 11) is 1.79. The van der Waals surface area contributed by atoms with Gasteiger partial charge in [0.1, 0.15) is 0 Å². The summed E-state index contributed by atoms with van der Waals surface area (Å²) >= 11 is 0. The third-order valence-electron chi connectivity index (χ3n) is 5.65. The van der Waals surface area contributed by atoms with Crippen molar-refractivity contribution in [2.24, 2.45) is 5.92 Å². The third kappa shape index (κ3) is 2.53. The number of hydrogen-bond donors (Lipinski definition) is 0. The fourth-order valence-electron chi connectivity index (χ4n) is 4.25. The van der Waals surface area contributed by atoms with Gasteiger partial charge in [-0.3, -0.25) is 4.90 Å². The number of rotatable bonds is 5. The summed E-state index contributed by atoms with van der Waals surface area (Å²) < 4.78 is 10.7. The highest BCUT2D eigenvalue weighted by atomic mass is 16.5. The number of fused-ring (bicyclic) bond motifs is 1. The van der Waals surface area contributed by atoms with Crippen LogP contribution in [0.1, 0.15) is 12.0 Å². The molecule has 22 heavy (non-hydrogen) atoms. The Hall–Kier alpha value is -1.10. The van der Waals surface area contributed by atoms with Gasteiger partial charge in [0.25, 0.3) is 0 Å². The van der Waals surface area contributed by atoms with Crippen LogP contribution in [0.2, 0.25) is 0 Å². The molecule has 0 spiro atoms. The van der Waals surface area contributed by atoms with E-state index >= 15 is 0 Å². The van der Waals surface area contributed by atoms with E-state index in [0.29, 0.717) is 5.41 Å². The Morgan fingerprint density at radius 1 is 1.23 bits per heavy atom. The number of ether oxygens (including phenoxy) is 2. The van der Waals surface area contributed by atoms with Gasteiger partial charge in [0, 0.05) is 50.9 Å². The van der Waals surface area contributed by atoms with Crippen molar-refractivity contribution in [1.82, 2.24) is 4.90 Å². The van der Waals surface area contributed by atoms with Crippen LogP contribution in [0.3, 0.4) is 0 Å². The number of methoxy groups -OCH3 is 1. The summed E-state index contributed by atoms with van der Waals surface area (Å²) in [5.74, 6) is 0.860. The van der Waals surface area contributed by atoms with Crippen molar-refractivity contribution in [3.8, 4) is 0 Å². The van der Waals surface area contributed by atoms with E-state index in [9.17, 15) is 0 Å². The molecular formula is C18H26N2O2. The van der Waals surface area contributed by atoms with Crippen LogP contribution < -0.4 is 4.90 Å². The van der Waals surface area contributed by atoms with Crippen molar-refractivity contribution in [1.29, 1.82) is 0 Å². The molecule has 120 valence electrons. The first-order valence-electron chi connectivity index (χ1n) is 8.46. The standard InChI is InChI=1S/C18H26N2O2/c1-21-9-6-19-13-16-12-18(16,14-19)15-2-4-17(5-3-15)20-7-10-22-11-8-20/h2-5,16H,6-14H2,1H3/t16-,18+/m1/s1. The Labute approximate surface area is 133 Å². The van der Waals surface area contributed by atoms with E-state index < -0.39 is 0 Å². The Kier molecular flexibility index (Phi) is 3.84. The van der Waals surface area contributed by atoms with E-state index in [1.165, 1.54) is 30.8 Å². The highest BCUT2D eigenvalue weighted by Crippen LogP contribution is 2.59. The lowest BCUT2D eigenvalue weighted by atomic mass is 9.94. The van der Waals surface area contributed by atoms with Crippen LogP contribution in [0.25, 0.3) is 0 Å². The molecular weight excluding hydrogens is 276 g/mol. The number of likely N-dealkylation sites (tertiary alicyclic amines) is 1. The third-order valence-corrected chi connectivity index (χ3v) is 5.65. The van der Waals surface area contributed by atoms with E-state index in [1.807, 2.05) is 0 Å². The molecule has 4 nitrogen and oxygen atoms in total. The first kappa shape index (κ1) is 14.5. The predicted octanol–water partition coefficient (Wildman–Crippen LogP) is 1.74. The van der Waals surface area contributed by atoms with Gasteiger partial charge in [-0.25, -0.2) is 0 Å². The maximum atomic E-state index is 5.44. The molecule has 0 radical (unpaired) electrons. The minimum absolute atomic E-state index is 0.442. The van der Waals surface area contributed by atoms with Crippen LogP contribution in [-0.4, -0.2) is 64.6 Å². The Balaban J connectivity index is 1.43. The number of hydrogen-bond acceptors (Lipinski definition) is 4. The Morgan fingerprint density at radius 3 is 2.73 bits per heavy atom. The summed E-state index contributed by atoms with van der Waals surface area (Å²) in [5.41, 5.74) is 3.32. The van der Waals surface area contributed by atoms with Crippen molar-refractivity contribution < 1.29 is 9.47 Å². The Morgan fingerprint density at radius 2 is 2.00 bits per heavy atom. The molecule has 1 aliphatic carbocycles. The number of nitrogens with zero attached hydrogens (tertiary/aromatic N) is 2. The summed E-state index contributed by atoms with van der Waals surface area (Å²) in [6.07, 6.45) is 1.37. The van der Waals surface area contributed by atoms with Gasteiger partial charge >= 0.3 is 0 Å². The molecule has 2 aliphatic heterocycles. The van der Waals surface area contributed by atoms with Crippen molar-refractivity contribution in [2.75, 3.05) is 64.6 Å². The highest BCUT2D eigenvalue weighted by Gasteiger charge is 2.60. The molecule has 1 saturated carbocycles. The monoisotopic (exact) mass is 302 g/mol. The maximum Gasteiger partial charge on any atom is 0.0642 e. The van der Waals surface area contributed by atoms with Gasteiger partial charge < -0.3 is 14.4 Å². The first-order valence-corrected chi connectivity index (χ1v) is 8.46. The zero-order valence-electron chi connectivity index (χ0n) is 13.5. The fraction of sp³-hybridized carbons (Fsp3) is 0.667. The van der Waals surface area contributed by atoms with Crippen LogP contribution in [0.15, 0.2) is 24.3 Å². The van der Waals surface area contributed by atoms with E-state index in [4.69, 9.17) is 9.47 Å². The second kappa shape index (κ2) is 5.84. The topological polar surface area (TPSA) is 24.9 Å². The second-order valence-corrected chi connectivity index (χ2v) is 6.93. The summed E-state index contributed by atoms with van der Waals surface area (Å²) in [5, 5.41) is 0. The van der Waals surface area contributed by atoms with Gasteiger partial charge in [0.2, 0.25) is 0 Å². The normalized spacial score (nSPS) is 31.3. The van der Waals surface area contributed by atoms with E-state index in [-0.39, 0.29) is 0 Å². The van der Waals surface area contributed by atoms with Crippen LogP contribution in [0.4, 0.5) is 5.69 Å². The number of morpholine rings is 1. The van der Waals surface area contributed by atoms with Gasteiger partial charge in [-0.2, -0.15) is 0 Å². The van der Waals surface area contributed by atoms with Gasteiger partial charge in [-0.1, -0.05) is 12.1 Å². The summed E-state index contributed by atoms with van der Waals surface area (Å²) in [4.78, 5) is 4.99. The zero-order valence-corrected chi connectivity index (χ0v) is 13.5. The first-order chi connectivity index (χ1) is 10.8. The molecule has 3 fully saturated rings. The van der Waals surface area contributed by atoms with E-state index in [0.717, 1.165) is 45.4 Å². The minimum atomic E-state index is 0.442. The molecule has 0 bridgehead atoms. The number of piperidine rings is 1.